The normalized spacial score (nSPS) is 10.6. The molecule has 0 aromatic heterocycles. The molecule has 2 N–H and O–H groups in total. The molecule has 3 heteroatoms. The first-order chi connectivity index (χ1) is 10.7. The fourth-order valence-corrected chi connectivity index (χ4v) is 2.65. The van der Waals surface area contributed by atoms with E-state index in [1.807, 2.05) is 0 Å². The Hall–Kier alpha value is -1.64. The molecule has 122 valence electrons. The first kappa shape index (κ1) is 18.4. The topological polar surface area (TPSA) is 60.2 Å². The van der Waals surface area contributed by atoms with E-state index < -0.39 is 0 Å². The van der Waals surface area contributed by atoms with Crippen molar-refractivity contribution in [2.45, 2.75) is 71.1 Å². The SMILES string of the molecule is CCCCCCCCCCCC(=O)c1cc(N)ccc1C=O. The van der Waals surface area contributed by atoms with Gasteiger partial charge in [0.2, 0.25) is 0 Å². The number of carbonyl (C=O) groups excluding carboxylic acids is 2. The van der Waals surface area contributed by atoms with Crippen molar-refractivity contribution in [2.24, 2.45) is 0 Å². The number of rotatable bonds is 12. The van der Waals surface area contributed by atoms with Gasteiger partial charge in [0, 0.05) is 23.2 Å². The average Bonchev–Trinajstić information content (AvgIpc) is 2.53. The lowest BCUT2D eigenvalue weighted by Gasteiger charge is -2.06. The van der Waals surface area contributed by atoms with Crippen molar-refractivity contribution in [3.8, 4) is 0 Å². The van der Waals surface area contributed by atoms with E-state index in [2.05, 4.69) is 6.92 Å². The molecule has 22 heavy (non-hydrogen) atoms. The van der Waals surface area contributed by atoms with Gasteiger partial charge in [-0.05, 0) is 24.6 Å². The minimum Gasteiger partial charge on any atom is -0.399 e. The van der Waals surface area contributed by atoms with E-state index in [4.69, 9.17) is 5.73 Å². The first-order valence-electron chi connectivity index (χ1n) is 8.57. The Balaban J connectivity index is 2.21. The highest BCUT2D eigenvalue weighted by Crippen LogP contribution is 2.17. The summed E-state index contributed by atoms with van der Waals surface area (Å²) >= 11 is 0. The Bertz CT molecular complexity index is 469. The molecule has 0 saturated heterocycles. The molecule has 0 aliphatic heterocycles. The first-order valence-corrected chi connectivity index (χ1v) is 8.57. The van der Waals surface area contributed by atoms with Crippen LogP contribution in [0.25, 0.3) is 0 Å². The van der Waals surface area contributed by atoms with E-state index in [0.717, 1.165) is 19.1 Å². The van der Waals surface area contributed by atoms with Gasteiger partial charge in [0.25, 0.3) is 0 Å². The van der Waals surface area contributed by atoms with Crippen LogP contribution in [0.4, 0.5) is 5.69 Å². The molecule has 0 spiro atoms. The smallest absolute Gasteiger partial charge is 0.163 e. The van der Waals surface area contributed by atoms with Gasteiger partial charge in [-0.25, -0.2) is 0 Å². The third kappa shape index (κ3) is 6.88. The van der Waals surface area contributed by atoms with Crippen molar-refractivity contribution in [1.82, 2.24) is 0 Å². The molecule has 3 nitrogen and oxygen atoms in total. The highest BCUT2D eigenvalue weighted by Gasteiger charge is 2.11. The molecule has 1 aromatic carbocycles. The Morgan fingerprint density at radius 1 is 1.00 bits per heavy atom. The zero-order valence-corrected chi connectivity index (χ0v) is 13.8. The van der Waals surface area contributed by atoms with Crippen molar-refractivity contribution < 1.29 is 9.59 Å². The number of unbranched alkanes of at least 4 members (excludes halogenated alkanes) is 8. The minimum absolute atomic E-state index is 0.0253. The minimum atomic E-state index is 0.0253. The number of ketones is 1. The Labute approximate surface area is 134 Å². The van der Waals surface area contributed by atoms with Crippen LogP contribution in [-0.4, -0.2) is 12.1 Å². The second-order valence-corrected chi connectivity index (χ2v) is 5.97. The number of benzene rings is 1. The third-order valence-corrected chi connectivity index (χ3v) is 4.01. The largest absolute Gasteiger partial charge is 0.399 e. The second kappa shape index (κ2) is 11.0. The standard InChI is InChI=1S/C19H29NO2/c1-2-3-4-5-6-7-8-9-10-11-19(22)18-14-17(20)13-12-16(18)15-21/h12-15H,2-11,20H2,1H3. The van der Waals surface area contributed by atoms with Gasteiger partial charge < -0.3 is 5.73 Å². The van der Waals surface area contributed by atoms with Gasteiger partial charge in [-0.3, -0.25) is 9.59 Å². The zero-order valence-electron chi connectivity index (χ0n) is 13.8. The Morgan fingerprint density at radius 3 is 2.18 bits per heavy atom. The van der Waals surface area contributed by atoms with Crippen molar-refractivity contribution in [1.29, 1.82) is 0 Å². The quantitative estimate of drug-likeness (QED) is 0.250. The van der Waals surface area contributed by atoms with E-state index in [1.54, 1.807) is 18.2 Å². The Kier molecular flexibility index (Phi) is 9.20. The number of Topliss-reactive ketones (excluding diaryl/α,β-unsaturated/α-hetero) is 1. The van der Waals surface area contributed by atoms with Crippen molar-refractivity contribution in [3.05, 3.63) is 29.3 Å². The van der Waals surface area contributed by atoms with Crippen LogP contribution in [0.1, 0.15) is 91.8 Å². The molecule has 0 fully saturated rings. The van der Waals surface area contributed by atoms with Crippen LogP contribution in [-0.2, 0) is 0 Å². The number of anilines is 1. The van der Waals surface area contributed by atoms with Crippen LogP contribution in [0.5, 0.6) is 0 Å². The van der Waals surface area contributed by atoms with E-state index in [-0.39, 0.29) is 5.78 Å². The molecule has 0 radical (unpaired) electrons. The Morgan fingerprint density at radius 2 is 1.59 bits per heavy atom. The van der Waals surface area contributed by atoms with Crippen molar-refractivity contribution in [3.63, 3.8) is 0 Å². The summed E-state index contributed by atoms with van der Waals surface area (Å²) < 4.78 is 0. The van der Waals surface area contributed by atoms with Gasteiger partial charge >= 0.3 is 0 Å². The summed E-state index contributed by atoms with van der Waals surface area (Å²) in [4.78, 5) is 23.1. The van der Waals surface area contributed by atoms with Crippen LogP contribution in [0.3, 0.4) is 0 Å². The average molecular weight is 303 g/mol. The molecule has 0 bridgehead atoms. The highest BCUT2D eigenvalue weighted by molar-refractivity contribution is 6.03. The molecular weight excluding hydrogens is 274 g/mol. The predicted octanol–water partition coefficient (Wildman–Crippen LogP) is 5.18. The molecule has 0 unspecified atom stereocenters. The predicted molar refractivity (Wildman–Crippen MR) is 92.4 cm³/mol. The van der Waals surface area contributed by atoms with Crippen LogP contribution in [0.2, 0.25) is 0 Å². The van der Waals surface area contributed by atoms with Crippen LogP contribution in [0.15, 0.2) is 18.2 Å². The summed E-state index contributed by atoms with van der Waals surface area (Å²) in [5.74, 6) is 0.0253. The number of hydrogen-bond acceptors (Lipinski definition) is 3. The molecule has 1 rings (SSSR count). The molecule has 0 saturated carbocycles. The summed E-state index contributed by atoms with van der Waals surface area (Å²) in [6.07, 6.45) is 12.3. The summed E-state index contributed by atoms with van der Waals surface area (Å²) in [7, 11) is 0. The molecule has 0 aliphatic rings. The van der Waals surface area contributed by atoms with Gasteiger partial charge in [-0.1, -0.05) is 58.3 Å². The lowest BCUT2D eigenvalue weighted by atomic mass is 9.99. The number of nitrogens with two attached hydrogens (primary N) is 1. The van der Waals surface area contributed by atoms with Crippen molar-refractivity contribution in [2.75, 3.05) is 5.73 Å². The monoisotopic (exact) mass is 303 g/mol. The molecular formula is C19H29NO2. The number of carbonyl (C=O) groups is 2. The van der Waals surface area contributed by atoms with Crippen LogP contribution < -0.4 is 5.73 Å². The third-order valence-electron chi connectivity index (χ3n) is 4.01. The van der Waals surface area contributed by atoms with E-state index in [9.17, 15) is 9.59 Å². The van der Waals surface area contributed by atoms with Gasteiger partial charge in [-0.15, -0.1) is 0 Å². The summed E-state index contributed by atoms with van der Waals surface area (Å²) in [5.41, 5.74) is 7.13. The van der Waals surface area contributed by atoms with Gasteiger partial charge in [0.05, 0.1) is 0 Å². The fraction of sp³-hybridized carbons (Fsp3) is 0.579. The van der Waals surface area contributed by atoms with Gasteiger partial charge in [0.1, 0.15) is 0 Å². The second-order valence-electron chi connectivity index (χ2n) is 5.97. The maximum atomic E-state index is 12.2. The van der Waals surface area contributed by atoms with E-state index >= 15 is 0 Å². The number of hydrogen-bond donors (Lipinski definition) is 1. The summed E-state index contributed by atoms with van der Waals surface area (Å²) in [6.45, 7) is 2.23. The van der Waals surface area contributed by atoms with E-state index in [0.29, 0.717) is 23.2 Å². The summed E-state index contributed by atoms with van der Waals surface area (Å²) in [6, 6.07) is 4.88. The molecule has 0 heterocycles. The maximum absolute atomic E-state index is 12.2. The molecule has 1 aromatic rings. The van der Waals surface area contributed by atoms with E-state index in [1.165, 1.54) is 44.9 Å². The highest BCUT2D eigenvalue weighted by atomic mass is 16.1. The fourth-order valence-electron chi connectivity index (χ4n) is 2.65. The molecule has 0 amide bonds. The number of nitrogen functional groups attached to an aromatic ring is 1. The lowest BCUT2D eigenvalue weighted by molar-refractivity contribution is 0.0973. The zero-order chi connectivity index (χ0) is 16.2. The summed E-state index contributed by atoms with van der Waals surface area (Å²) in [5, 5.41) is 0. The molecule has 0 atom stereocenters. The lowest BCUT2D eigenvalue weighted by Crippen LogP contribution is -2.04. The van der Waals surface area contributed by atoms with Crippen LogP contribution in [0, 0.1) is 0 Å². The molecule has 0 aliphatic carbocycles. The van der Waals surface area contributed by atoms with Gasteiger partial charge in [-0.2, -0.15) is 0 Å². The van der Waals surface area contributed by atoms with Crippen LogP contribution >= 0.6 is 0 Å². The van der Waals surface area contributed by atoms with Gasteiger partial charge in [0.15, 0.2) is 12.1 Å². The number of aldehydes is 1. The van der Waals surface area contributed by atoms with Crippen molar-refractivity contribution >= 4 is 17.8 Å². The maximum Gasteiger partial charge on any atom is 0.163 e.